The van der Waals surface area contributed by atoms with Crippen molar-refractivity contribution in [3.05, 3.63) is 35.8 Å². The van der Waals surface area contributed by atoms with Crippen molar-refractivity contribution >= 4 is 17.6 Å². The van der Waals surface area contributed by atoms with Crippen LogP contribution in [0.5, 0.6) is 0 Å². The molecule has 0 saturated heterocycles. The largest absolute Gasteiger partial charge is 0.307 e. The summed E-state index contributed by atoms with van der Waals surface area (Å²) in [5.41, 5.74) is 0.936. The van der Waals surface area contributed by atoms with Crippen LogP contribution in [-0.2, 0) is 0 Å². The van der Waals surface area contributed by atoms with Crippen LogP contribution >= 0.6 is 11.9 Å². The van der Waals surface area contributed by atoms with E-state index in [4.69, 9.17) is 0 Å². The zero-order valence-electron chi connectivity index (χ0n) is 6.27. The fourth-order valence-electron chi connectivity index (χ4n) is 0.980. The zero-order chi connectivity index (χ0) is 8.39. The van der Waals surface area contributed by atoms with Crippen LogP contribution < -0.4 is 4.31 Å². The molecular weight excluding hydrogens is 175 g/mol. The first-order valence-corrected chi connectivity index (χ1v) is 4.41. The molecule has 4 heteroatoms. The predicted molar refractivity (Wildman–Crippen MR) is 48.3 cm³/mol. The Bertz CT molecular complexity index is 288. The number of hydrogen-bond acceptors (Lipinski definition) is 3. The maximum Gasteiger partial charge on any atom is 0.212 e. The molecule has 62 valence electrons. The summed E-state index contributed by atoms with van der Waals surface area (Å²) in [6.45, 7) is 0.859. The third-order valence-electron chi connectivity index (χ3n) is 1.56. The molecule has 0 aromatic carbocycles. The van der Waals surface area contributed by atoms with E-state index in [1.165, 1.54) is 12.3 Å². The van der Waals surface area contributed by atoms with Crippen LogP contribution in [0.1, 0.15) is 0 Å². The molecular formula is C8H7FN2S. The van der Waals surface area contributed by atoms with Gasteiger partial charge < -0.3 is 4.31 Å². The Kier molecular flexibility index (Phi) is 1.99. The predicted octanol–water partition coefficient (Wildman–Crippen LogP) is 2.20. The van der Waals surface area contributed by atoms with Crippen LogP contribution in [0.3, 0.4) is 0 Å². The lowest BCUT2D eigenvalue weighted by Gasteiger charge is -2.14. The monoisotopic (exact) mass is 182 g/mol. The average Bonchev–Trinajstić information content (AvgIpc) is 2.58. The minimum Gasteiger partial charge on any atom is -0.307 e. The molecule has 0 spiro atoms. The normalized spacial score (nSPS) is 15.6. The van der Waals surface area contributed by atoms with Gasteiger partial charge in [0, 0.05) is 6.54 Å². The van der Waals surface area contributed by atoms with Crippen LogP contribution in [0.25, 0.3) is 0 Å². The Morgan fingerprint density at radius 3 is 3.00 bits per heavy atom. The molecule has 0 N–H and O–H groups in total. The zero-order valence-corrected chi connectivity index (χ0v) is 7.09. The number of aromatic nitrogens is 1. The minimum atomic E-state index is -0.434. The van der Waals surface area contributed by atoms with E-state index in [0.29, 0.717) is 0 Å². The SMILES string of the molecule is Fc1ccc(N2CC=CS2)cn1. The van der Waals surface area contributed by atoms with Gasteiger partial charge in [-0.1, -0.05) is 6.08 Å². The van der Waals surface area contributed by atoms with Gasteiger partial charge in [-0.2, -0.15) is 4.39 Å². The molecule has 2 nitrogen and oxygen atoms in total. The summed E-state index contributed by atoms with van der Waals surface area (Å²) in [5, 5.41) is 2.00. The molecule has 0 aliphatic carbocycles. The Labute approximate surface area is 74.2 Å². The lowest BCUT2D eigenvalue weighted by atomic mass is 10.4. The molecule has 1 aliphatic heterocycles. The van der Waals surface area contributed by atoms with Crippen molar-refractivity contribution in [1.29, 1.82) is 0 Å². The smallest absolute Gasteiger partial charge is 0.212 e. The summed E-state index contributed by atoms with van der Waals surface area (Å²) >= 11 is 1.59. The maximum absolute atomic E-state index is 12.4. The van der Waals surface area contributed by atoms with Crippen LogP contribution in [0.15, 0.2) is 29.8 Å². The lowest BCUT2D eigenvalue weighted by molar-refractivity contribution is 0.584. The summed E-state index contributed by atoms with van der Waals surface area (Å²) in [5.74, 6) is -0.434. The van der Waals surface area contributed by atoms with Crippen molar-refractivity contribution in [3.8, 4) is 0 Å². The van der Waals surface area contributed by atoms with Crippen LogP contribution in [0, 0.1) is 5.95 Å². The number of anilines is 1. The Balaban J connectivity index is 2.18. The summed E-state index contributed by atoms with van der Waals surface area (Å²) in [6.07, 6.45) is 3.59. The fourth-order valence-corrected chi connectivity index (χ4v) is 1.70. The first-order chi connectivity index (χ1) is 5.86. The van der Waals surface area contributed by atoms with Gasteiger partial charge in [0.2, 0.25) is 5.95 Å². The molecule has 0 atom stereocenters. The second kappa shape index (κ2) is 3.15. The van der Waals surface area contributed by atoms with Crippen LogP contribution in [-0.4, -0.2) is 11.5 Å². The lowest BCUT2D eigenvalue weighted by Crippen LogP contribution is -2.09. The number of rotatable bonds is 1. The molecule has 12 heavy (non-hydrogen) atoms. The topological polar surface area (TPSA) is 16.1 Å². The maximum atomic E-state index is 12.4. The fraction of sp³-hybridized carbons (Fsp3) is 0.125. The number of halogens is 1. The van der Waals surface area contributed by atoms with Gasteiger partial charge in [-0.25, -0.2) is 4.98 Å². The molecule has 0 unspecified atom stereocenters. The van der Waals surface area contributed by atoms with Crippen LogP contribution in [0.2, 0.25) is 0 Å². The van der Waals surface area contributed by atoms with E-state index in [-0.39, 0.29) is 0 Å². The second-order valence-corrected chi connectivity index (χ2v) is 3.30. The molecule has 2 heterocycles. The summed E-state index contributed by atoms with van der Waals surface area (Å²) in [7, 11) is 0. The third-order valence-corrected chi connectivity index (χ3v) is 2.48. The highest BCUT2D eigenvalue weighted by Gasteiger charge is 2.08. The molecule has 0 saturated carbocycles. The van der Waals surface area contributed by atoms with Crippen molar-refractivity contribution in [3.63, 3.8) is 0 Å². The highest BCUT2D eigenvalue weighted by atomic mass is 32.2. The van der Waals surface area contributed by atoms with E-state index in [9.17, 15) is 4.39 Å². The summed E-state index contributed by atoms with van der Waals surface area (Å²) in [4.78, 5) is 3.57. The van der Waals surface area contributed by atoms with Gasteiger partial charge in [-0.3, -0.25) is 0 Å². The van der Waals surface area contributed by atoms with Crippen molar-refractivity contribution < 1.29 is 4.39 Å². The Morgan fingerprint density at radius 2 is 2.42 bits per heavy atom. The van der Waals surface area contributed by atoms with Gasteiger partial charge in [-0.15, -0.1) is 0 Å². The van der Waals surface area contributed by atoms with Crippen molar-refractivity contribution in [2.75, 3.05) is 10.8 Å². The van der Waals surface area contributed by atoms with Gasteiger partial charge in [0.25, 0.3) is 0 Å². The Morgan fingerprint density at radius 1 is 1.50 bits per heavy atom. The number of hydrogen-bond donors (Lipinski definition) is 0. The average molecular weight is 182 g/mol. The highest BCUT2D eigenvalue weighted by Crippen LogP contribution is 2.25. The molecule has 0 fully saturated rings. The minimum absolute atomic E-state index is 0.434. The number of pyridine rings is 1. The van der Waals surface area contributed by atoms with Gasteiger partial charge >= 0.3 is 0 Å². The summed E-state index contributed by atoms with van der Waals surface area (Å²) in [6, 6.07) is 3.09. The van der Waals surface area contributed by atoms with Crippen molar-refractivity contribution in [2.45, 2.75) is 0 Å². The highest BCUT2D eigenvalue weighted by molar-refractivity contribution is 8.03. The van der Waals surface area contributed by atoms with E-state index < -0.39 is 5.95 Å². The molecule has 0 amide bonds. The van der Waals surface area contributed by atoms with Gasteiger partial charge in [0.1, 0.15) is 0 Å². The first-order valence-electron chi connectivity index (χ1n) is 3.57. The van der Waals surface area contributed by atoms with E-state index >= 15 is 0 Å². The van der Waals surface area contributed by atoms with Gasteiger partial charge in [0.05, 0.1) is 11.9 Å². The standard InChI is InChI=1S/C8H7FN2S/c9-8-3-2-7(6-10-8)11-4-1-5-12-11/h1-3,5-6H,4H2. The molecule has 0 bridgehead atoms. The number of nitrogens with zero attached hydrogens (tertiary/aromatic N) is 2. The van der Waals surface area contributed by atoms with E-state index in [1.54, 1.807) is 18.0 Å². The third kappa shape index (κ3) is 1.43. The van der Waals surface area contributed by atoms with Crippen molar-refractivity contribution in [1.82, 2.24) is 4.98 Å². The molecule has 2 rings (SSSR count). The van der Waals surface area contributed by atoms with E-state index in [2.05, 4.69) is 4.98 Å². The second-order valence-electron chi connectivity index (χ2n) is 2.38. The molecule has 1 aliphatic rings. The quantitative estimate of drug-likeness (QED) is 0.489. The molecule has 1 aromatic heterocycles. The van der Waals surface area contributed by atoms with Gasteiger partial charge in [0.15, 0.2) is 0 Å². The molecule has 1 aromatic rings. The molecule has 0 radical (unpaired) electrons. The first kappa shape index (κ1) is 7.61. The van der Waals surface area contributed by atoms with E-state index in [1.807, 2.05) is 15.8 Å². The summed E-state index contributed by atoms with van der Waals surface area (Å²) < 4.78 is 14.5. The van der Waals surface area contributed by atoms with Gasteiger partial charge in [-0.05, 0) is 29.5 Å². The van der Waals surface area contributed by atoms with Crippen LogP contribution in [0.4, 0.5) is 10.1 Å². The van der Waals surface area contributed by atoms with Crippen molar-refractivity contribution in [2.24, 2.45) is 0 Å². The van der Waals surface area contributed by atoms with E-state index in [0.717, 1.165) is 12.2 Å². The Hall–Kier alpha value is -1.03.